The van der Waals surface area contributed by atoms with Crippen molar-refractivity contribution in [3.63, 3.8) is 0 Å². The average Bonchev–Trinajstić information content (AvgIpc) is 3.09. The van der Waals surface area contributed by atoms with Crippen LogP contribution in [0.5, 0.6) is 11.8 Å². The second-order valence-corrected chi connectivity index (χ2v) is 13.4. The number of hydrogen-bond donors (Lipinski definition) is 1. The highest BCUT2D eigenvalue weighted by Crippen LogP contribution is 2.41. The summed E-state index contributed by atoms with van der Waals surface area (Å²) in [7, 11) is 0. The number of carbonyl (C=O) groups excluding carboxylic acids is 1. The SMILES string of the molecule is CCC1CN(C(=O)OC(C)(C)C)CCC1(O)c1ccc2ncc(-c3ccc(OCc4ccccc4)nc3OCc3ccccc3)cc2c1. The molecule has 2 atom stereocenters. The summed E-state index contributed by atoms with van der Waals surface area (Å²) in [5.74, 6) is 0.756. The van der Waals surface area contributed by atoms with Gasteiger partial charge >= 0.3 is 6.09 Å². The Hall–Kier alpha value is -4.95. The first-order valence-electron chi connectivity index (χ1n) is 16.6. The van der Waals surface area contributed by atoms with Gasteiger partial charge in [0.15, 0.2) is 0 Å². The number of fused-ring (bicyclic) bond motifs is 1. The van der Waals surface area contributed by atoms with Gasteiger partial charge in [-0.3, -0.25) is 4.98 Å². The molecule has 5 aromatic rings. The summed E-state index contributed by atoms with van der Waals surface area (Å²) < 4.78 is 18.0. The molecule has 0 bridgehead atoms. The van der Waals surface area contributed by atoms with Gasteiger partial charge in [0.05, 0.1) is 11.1 Å². The lowest BCUT2D eigenvalue weighted by Crippen LogP contribution is -2.52. The normalized spacial score (nSPS) is 18.0. The lowest BCUT2D eigenvalue weighted by Gasteiger charge is -2.45. The first-order valence-corrected chi connectivity index (χ1v) is 16.6. The number of benzene rings is 3. The number of aliphatic hydroxyl groups is 1. The summed E-state index contributed by atoms with van der Waals surface area (Å²) in [6, 6.07) is 31.7. The fourth-order valence-corrected chi connectivity index (χ4v) is 6.20. The van der Waals surface area contributed by atoms with Crippen molar-refractivity contribution in [3.05, 3.63) is 120 Å². The molecule has 0 saturated carbocycles. The van der Waals surface area contributed by atoms with E-state index in [-0.39, 0.29) is 12.0 Å². The van der Waals surface area contributed by atoms with Gasteiger partial charge in [-0.25, -0.2) is 4.79 Å². The monoisotopic (exact) mass is 645 g/mol. The van der Waals surface area contributed by atoms with E-state index in [0.717, 1.165) is 38.7 Å². The zero-order chi connectivity index (χ0) is 33.7. The number of likely N-dealkylation sites (tertiary alicyclic amines) is 1. The van der Waals surface area contributed by atoms with E-state index in [1.54, 1.807) is 4.90 Å². The minimum absolute atomic E-state index is 0.155. The van der Waals surface area contributed by atoms with Gasteiger partial charge in [-0.05, 0) is 74.6 Å². The van der Waals surface area contributed by atoms with Crippen LogP contribution in [0.1, 0.15) is 57.2 Å². The highest BCUT2D eigenvalue weighted by atomic mass is 16.6. The minimum atomic E-state index is -1.10. The van der Waals surface area contributed by atoms with Gasteiger partial charge < -0.3 is 24.2 Å². The first-order chi connectivity index (χ1) is 23.1. The second kappa shape index (κ2) is 14.0. The highest BCUT2D eigenvalue weighted by Gasteiger charge is 2.44. The van der Waals surface area contributed by atoms with Crippen molar-refractivity contribution in [3.8, 4) is 22.9 Å². The first kappa shape index (κ1) is 33.0. The van der Waals surface area contributed by atoms with Gasteiger partial charge in [-0.1, -0.05) is 73.7 Å². The standard InChI is InChI=1S/C40H43N3O5/c1-5-32-25-43(38(44)48-39(2,3)4)21-20-40(32,45)33-16-18-35-30(23-33)22-31(24-41-35)34-17-19-36(46-26-28-12-8-6-9-13-28)42-37(34)47-27-29-14-10-7-11-15-29/h6-19,22-24,32,45H,5,20-21,25-27H2,1-4H3. The van der Waals surface area contributed by atoms with Crippen LogP contribution >= 0.6 is 0 Å². The zero-order valence-corrected chi connectivity index (χ0v) is 28.1. The largest absolute Gasteiger partial charge is 0.473 e. The molecule has 3 aromatic carbocycles. The Morgan fingerprint density at radius 3 is 2.27 bits per heavy atom. The zero-order valence-electron chi connectivity index (χ0n) is 28.1. The maximum Gasteiger partial charge on any atom is 0.410 e. The van der Waals surface area contributed by atoms with Crippen LogP contribution in [0.25, 0.3) is 22.0 Å². The topological polar surface area (TPSA) is 94.0 Å². The van der Waals surface area contributed by atoms with Gasteiger partial charge in [0.25, 0.3) is 0 Å². The van der Waals surface area contributed by atoms with Crippen LogP contribution in [0.2, 0.25) is 0 Å². The number of pyridine rings is 2. The molecule has 1 aliphatic heterocycles. The van der Waals surface area contributed by atoms with Crippen LogP contribution in [0.15, 0.2) is 103 Å². The van der Waals surface area contributed by atoms with E-state index in [2.05, 4.69) is 6.07 Å². The third kappa shape index (κ3) is 7.60. The summed E-state index contributed by atoms with van der Waals surface area (Å²) in [4.78, 5) is 24.1. The summed E-state index contributed by atoms with van der Waals surface area (Å²) in [6.07, 6.45) is 2.60. The molecule has 1 saturated heterocycles. The fourth-order valence-electron chi connectivity index (χ4n) is 6.20. The third-order valence-electron chi connectivity index (χ3n) is 8.80. The molecule has 1 amide bonds. The van der Waals surface area contributed by atoms with Crippen molar-refractivity contribution >= 4 is 17.0 Å². The van der Waals surface area contributed by atoms with Crippen LogP contribution in [0.3, 0.4) is 0 Å². The number of carbonyl (C=O) groups is 1. The van der Waals surface area contributed by atoms with Crippen molar-refractivity contribution < 1.29 is 24.1 Å². The number of piperidine rings is 1. The predicted molar refractivity (Wildman–Crippen MR) is 187 cm³/mol. The molecule has 0 aliphatic carbocycles. The molecular formula is C40H43N3O5. The van der Waals surface area contributed by atoms with Crippen molar-refractivity contribution in [2.45, 2.75) is 65.0 Å². The lowest BCUT2D eigenvalue weighted by atomic mass is 9.74. The second-order valence-electron chi connectivity index (χ2n) is 13.4. The molecule has 2 aromatic heterocycles. The van der Waals surface area contributed by atoms with E-state index >= 15 is 0 Å². The molecule has 6 rings (SSSR count). The average molecular weight is 646 g/mol. The van der Waals surface area contributed by atoms with Crippen LogP contribution < -0.4 is 9.47 Å². The van der Waals surface area contributed by atoms with Crippen LogP contribution in [0, 0.1) is 5.92 Å². The highest BCUT2D eigenvalue weighted by molar-refractivity contribution is 5.85. The van der Waals surface area contributed by atoms with Gasteiger partial charge in [-0.2, -0.15) is 4.98 Å². The smallest absolute Gasteiger partial charge is 0.410 e. The maximum atomic E-state index is 12.8. The quantitative estimate of drug-likeness (QED) is 0.172. The molecule has 8 nitrogen and oxygen atoms in total. The summed E-state index contributed by atoms with van der Waals surface area (Å²) >= 11 is 0. The summed E-state index contributed by atoms with van der Waals surface area (Å²) in [5.41, 5.74) is 3.65. The van der Waals surface area contributed by atoms with Gasteiger partial charge in [-0.15, -0.1) is 0 Å². The molecule has 1 aliphatic rings. The molecule has 8 heteroatoms. The van der Waals surface area contributed by atoms with E-state index in [1.165, 1.54) is 0 Å². The van der Waals surface area contributed by atoms with Gasteiger partial charge in [0, 0.05) is 47.8 Å². The van der Waals surface area contributed by atoms with Crippen molar-refractivity contribution in [2.75, 3.05) is 13.1 Å². The number of ether oxygens (including phenoxy) is 3. The summed E-state index contributed by atoms with van der Waals surface area (Å²) in [6.45, 7) is 9.21. The predicted octanol–water partition coefficient (Wildman–Crippen LogP) is 8.31. The molecule has 248 valence electrons. The molecular weight excluding hydrogens is 602 g/mol. The van der Waals surface area contributed by atoms with E-state index in [1.807, 2.05) is 125 Å². The van der Waals surface area contributed by atoms with Crippen LogP contribution in [-0.4, -0.2) is 44.8 Å². The molecule has 0 radical (unpaired) electrons. The Balaban J connectivity index is 1.29. The molecule has 48 heavy (non-hydrogen) atoms. The molecule has 1 fully saturated rings. The molecule has 3 heterocycles. The molecule has 1 N–H and O–H groups in total. The number of rotatable bonds is 9. The van der Waals surface area contributed by atoms with E-state index < -0.39 is 11.2 Å². The van der Waals surface area contributed by atoms with Crippen molar-refractivity contribution in [1.29, 1.82) is 0 Å². The van der Waals surface area contributed by atoms with E-state index in [4.69, 9.17) is 24.2 Å². The Morgan fingerprint density at radius 1 is 0.917 bits per heavy atom. The van der Waals surface area contributed by atoms with Gasteiger partial charge in [0.2, 0.25) is 11.8 Å². The molecule has 2 unspecified atom stereocenters. The van der Waals surface area contributed by atoms with E-state index in [9.17, 15) is 9.90 Å². The van der Waals surface area contributed by atoms with Gasteiger partial charge in [0.1, 0.15) is 18.8 Å². The number of amides is 1. The summed E-state index contributed by atoms with van der Waals surface area (Å²) in [5, 5.41) is 13.0. The van der Waals surface area contributed by atoms with Crippen molar-refractivity contribution in [2.24, 2.45) is 5.92 Å². The lowest BCUT2D eigenvalue weighted by molar-refractivity contribution is -0.0806. The Bertz CT molecular complexity index is 1860. The Labute approximate surface area is 282 Å². The Kier molecular flexibility index (Phi) is 9.64. The number of hydrogen-bond acceptors (Lipinski definition) is 7. The fraction of sp³-hybridized carbons (Fsp3) is 0.325. The molecule has 0 spiro atoms. The maximum absolute atomic E-state index is 12.8. The Morgan fingerprint density at radius 2 is 1.60 bits per heavy atom. The third-order valence-corrected chi connectivity index (χ3v) is 8.80. The van der Waals surface area contributed by atoms with Crippen LogP contribution in [-0.2, 0) is 23.6 Å². The number of aromatic nitrogens is 2. The number of nitrogens with zero attached hydrogens (tertiary/aromatic N) is 3. The minimum Gasteiger partial charge on any atom is -0.473 e. The van der Waals surface area contributed by atoms with E-state index in [0.29, 0.717) is 50.9 Å². The van der Waals surface area contributed by atoms with Crippen LogP contribution in [0.4, 0.5) is 4.79 Å². The van der Waals surface area contributed by atoms with Crippen molar-refractivity contribution in [1.82, 2.24) is 14.9 Å².